The lowest BCUT2D eigenvalue weighted by Gasteiger charge is -2.61. The van der Waals surface area contributed by atoms with Crippen LogP contribution < -0.4 is 0 Å². The van der Waals surface area contributed by atoms with Crippen LogP contribution in [0.1, 0.15) is 105 Å². The van der Waals surface area contributed by atoms with Crippen LogP contribution in [0.2, 0.25) is 0 Å². The number of hydrogen-bond acceptors (Lipinski definition) is 2. The van der Waals surface area contributed by atoms with E-state index in [9.17, 15) is 10.2 Å². The Balaban J connectivity index is 1.44. The van der Waals surface area contributed by atoms with Crippen LogP contribution in [-0.2, 0) is 0 Å². The fraction of sp³-hybridized carbons (Fsp3) is 1.00. The third-order valence-corrected chi connectivity index (χ3v) is 11.1. The maximum Gasteiger partial charge on any atom is 0.0573 e. The SMILES string of the molecule is CC(CO)CCC[C@@H](C)[C@H]1CC[C@H]2[C@@H]3CCC4[C@@H](O)CCC[C@]4(C)[C@H]3CC[C@]12C. The topological polar surface area (TPSA) is 40.5 Å². The first-order valence-corrected chi connectivity index (χ1v) is 13.1. The Kier molecular flexibility index (Phi) is 6.45. The van der Waals surface area contributed by atoms with Gasteiger partial charge >= 0.3 is 0 Å². The van der Waals surface area contributed by atoms with E-state index in [0.29, 0.717) is 29.3 Å². The Bertz CT molecular complexity index is 561. The Morgan fingerprint density at radius 2 is 1.55 bits per heavy atom. The van der Waals surface area contributed by atoms with Gasteiger partial charge in [-0.3, -0.25) is 0 Å². The fourth-order valence-electron chi connectivity index (χ4n) is 9.44. The molecule has 2 N–H and O–H groups in total. The molecule has 168 valence electrons. The van der Waals surface area contributed by atoms with E-state index in [1.54, 1.807) is 0 Å². The number of aliphatic hydroxyl groups excluding tert-OH is 2. The minimum Gasteiger partial charge on any atom is -0.396 e. The summed E-state index contributed by atoms with van der Waals surface area (Å²) in [5.41, 5.74) is 0.964. The third-order valence-electron chi connectivity index (χ3n) is 11.1. The zero-order valence-electron chi connectivity index (χ0n) is 19.7. The third kappa shape index (κ3) is 3.73. The second-order valence-corrected chi connectivity index (χ2v) is 12.5. The van der Waals surface area contributed by atoms with E-state index in [2.05, 4.69) is 27.7 Å². The van der Waals surface area contributed by atoms with Crippen molar-refractivity contribution >= 4 is 0 Å². The maximum absolute atomic E-state index is 10.7. The number of aliphatic hydroxyl groups is 2. The van der Waals surface area contributed by atoms with E-state index < -0.39 is 0 Å². The molecule has 0 bridgehead atoms. The zero-order valence-corrected chi connectivity index (χ0v) is 19.7. The molecule has 4 saturated carbocycles. The van der Waals surface area contributed by atoms with Gasteiger partial charge in [-0.25, -0.2) is 0 Å². The van der Waals surface area contributed by atoms with E-state index in [4.69, 9.17) is 0 Å². The molecule has 4 aliphatic rings. The molecule has 29 heavy (non-hydrogen) atoms. The monoisotopic (exact) mass is 404 g/mol. The van der Waals surface area contributed by atoms with Crippen molar-refractivity contribution in [2.24, 2.45) is 52.3 Å². The minimum atomic E-state index is -0.0272. The van der Waals surface area contributed by atoms with Gasteiger partial charge in [0.25, 0.3) is 0 Å². The van der Waals surface area contributed by atoms with Gasteiger partial charge in [0.2, 0.25) is 0 Å². The summed E-state index contributed by atoms with van der Waals surface area (Å²) in [4.78, 5) is 0. The zero-order chi connectivity index (χ0) is 20.8. The lowest BCUT2D eigenvalue weighted by Crippen LogP contribution is -2.55. The van der Waals surface area contributed by atoms with Crippen molar-refractivity contribution < 1.29 is 10.2 Å². The van der Waals surface area contributed by atoms with E-state index in [-0.39, 0.29) is 6.10 Å². The highest BCUT2D eigenvalue weighted by molar-refractivity contribution is 5.10. The van der Waals surface area contributed by atoms with E-state index in [0.717, 1.165) is 36.0 Å². The van der Waals surface area contributed by atoms with Crippen molar-refractivity contribution in [3.05, 3.63) is 0 Å². The van der Waals surface area contributed by atoms with Gasteiger partial charge in [0.1, 0.15) is 0 Å². The highest BCUT2D eigenvalue weighted by Gasteiger charge is 2.61. The highest BCUT2D eigenvalue weighted by atomic mass is 16.3. The molecule has 4 rings (SSSR count). The van der Waals surface area contributed by atoms with Crippen molar-refractivity contribution in [1.29, 1.82) is 0 Å². The van der Waals surface area contributed by atoms with Gasteiger partial charge < -0.3 is 10.2 Å². The van der Waals surface area contributed by atoms with Gasteiger partial charge in [-0.05, 0) is 110 Å². The van der Waals surface area contributed by atoms with Crippen molar-refractivity contribution in [3.8, 4) is 0 Å². The van der Waals surface area contributed by atoms with Gasteiger partial charge in [-0.1, -0.05) is 47.0 Å². The number of rotatable bonds is 6. The average Bonchev–Trinajstić information content (AvgIpc) is 3.05. The molecular weight excluding hydrogens is 356 g/mol. The van der Waals surface area contributed by atoms with Crippen LogP contribution >= 0.6 is 0 Å². The van der Waals surface area contributed by atoms with Gasteiger partial charge in [0.15, 0.2) is 0 Å². The predicted octanol–water partition coefficient (Wildman–Crippen LogP) is 6.44. The Morgan fingerprint density at radius 3 is 2.31 bits per heavy atom. The Labute approximate surface area is 180 Å². The summed E-state index contributed by atoms with van der Waals surface area (Å²) in [7, 11) is 0. The molecule has 4 aliphatic carbocycles. The second kappa shape index (κ2) is 8.45. The van der Waals surface area contributed by atoms with Crippen molar-refractivity contribution in [3.63, 3.8) is 0 Å². The molecule has 4 fully saturated rings. The molecular formula is C27H48O2. The van der Waals surface area contributed by atoms with Crippen LogP contribution in [0.15, 0.2) is 0 Å². The largest absolute Gasteiger partial charge is 0.396 e. The first-order valence-electron chi connectivity index (χ1n) is 13.1. The van der Waals surface area contributed by atoms with Crippen LogP contribution in [-0.4, -0.2) is 22.9 Å². The first-order chi connectivity index (χ1) is 13.8. The first kappa shape index (κ1) is 22.1. The summed E-state index contributed by atoms with van der Waals surface area (Å²) in [6, 6.07) is 0. The Hall–Kier alpha value is -0.0800. The van der Waals surface area contributed by atoms with E-state index >= 15 is 0 Å². The summed E-state index contributed by atoms with van der Waals surface area (Å²) >= 11 is 0. The average molecular weight is 405 g/mol. The fourth-order valence-corrected chi connectivity index (χ4v) is 9.44. The molecule has 0 saturated heterocycles. The lowest BCUT2D eigenvalue weighted by molar-refractivity contribution is -0.145. The molecule has 0 aromatic rings. The molecule has 2 nitrogen and oxygen atoms in total. The van der Waals surface area contributed by atoms with E-state index in [1.807, 2.05) is 0 Å². The van der Waals surface area contributed by atoms with Gasteiger partial charge in [0, 0.05) is 6.61 Å². The van der Waals surface area contributed by atoms with Crippen LogP contribution in [0.5, 0.6) is 0 Å². The number of fused-ring (bicyclic) bond motifs is 5. The second-order valence-electron chi connectivity index (χ2n) is 12.5. The molecule has 0 aromatic carbocycles. The predicted molar refractivity (Wildman–Crippen MR) is 120 cm³/mol. The summed E-state index contributed by atoms with van der Waals surface area (Å²) in [5.74, 6) is 5.50. The van der Waals surface area contributed by atoms with Gasteiger partial charge in [0.05, 0.1) is 6.10 Å². The minimum absolute atomic E-state index is 0.0272. The van der Waals surface area contributed by atoms with Crippen molar-refractivity contribution in [2.75, 3.05) is 6.61 Å². The summed E-state index contributed by atoms with van der Waals surface area (Å²) in [6.45, 7) is 10.3. The van der Waals surface area contributed by atoms with Gasteiger partial charge in [-0.2, -0.15) is 0 Å². The molecule has 0 spiro atoms. The molecule has 0 radical (unpaired) electrons. The maximum atomic E-state index is 10.7. The van der Waals surface area contributed by atoms with Crippen LogP contribution in [0.25, 0.3) is 0 Å². The van der Waals surface area contributed by atoms with Crippen molar-refractivity contribution in [2.45, 2.75) is 111 Å². The van der Waals surface area contributed by atoms with Crippen LogP contribution in [0, 0.1) is 52.3 Å². The molecule has 10 atom stereocenters. The normalized spacial score (nSPS) is 49.0. The number of hydrogen-bond donors (Lipinski definition) is 2. The standard InChI is InChI=1S/C27H48O2/c1-18(17-28)7-5-8-19(2)21-12-13-22-20-10-11-24-25(29)9-6-15-26(24,3)23(20)14-16-27(21,22)4/h18-25,28-29H,5-17H2,1-4H3/t18?,19-,20+,21-,22+,23+,24?,25+,26-,27-/m1/s1. The summed E-state index contributed by atoms with van der Waals surface area (Å²) < 4.78 is 0. The lowest BCUT2D eigenvalue weighted by atomic mass is 9.44. The quantitative estimate of drug-likeness (QED) is 0.534. The summed E-state index contributed by atoms with van der Waals surface area (Å²) in [6.07, 6.45) is 15.9. The smallest absolute Gasteiger partial charge is 0.0573 e. The molecule has 2 unspecified atom stereocenters. The summed E-state index contributed by atoms with van der Waals surface area (Å²) in [5, 5.41) is 20.1. The Morgan fingerprint density at radius 1 is 0.828 bits per heavy atom. The molecule has 0 heterocycles. The highest BCUT2D eigenvalue weighted by Crippen LogP contribution is 2.68. The molecule has 2 heteroatoms. The van der Waals surface area contributed by atoms with Gasteiger partial charge in [-0.15, -0.1) is 0 Å². The van der Waals surface area contributed by atoms with Crippen LogP contribution in [0.3, 0.4) is 0 Å². The van der Waals surface area contributed by atoms with Crippen molar-refractivity contribution in [1.82, 2.24) is 0 Å². The molecule has 0 aliphatic heterocycles. The van der Waals surface area contributed by atoms with E-state index in [1.165, 1.54) is 70.6 Å². The molecule has 0 aromatic heterocycles. The van der Waals surface area contributed by atoms with Crippen LogP contribution in [0.4, 0.5) is 0 Å². The molecule has 0 amide bonds.